The van der Waals surface area contributed by atoms with Gasteiger partial charge >= 0.3 is 0 Å². The molecular weight excluding hydrogens is 272 g/mol. The molecule has 3 heteroatoms. The van der Waals surface area contributed by atoms with Crippen LogP contribution in [0.5, 0.6) is 11.5 Å². The zero-order valence-corrected chi connectivity index (χ0v) is 13.1. The van der Waals surface area contributed by atoms with E-state index in [0.717, 1.165) is 36.7 Å². The summed E-state index contributed by atoms with van der Waals surface area (Å²) in [5.74, 6) is 2.23. The molecule has 3 rings (SSSR count). The van der Waals surface area contributed by atoms with Gasteiger partial charge in [0.2, 0.25) is 0 Å². The Labute approximate surface area is 126 Å². The maximum absolute atomic E-state index is 6.78. The molecule has 1 saturated carbocycles. The van der Waals surface area contributed by atoms with Gasteiger partial charge in [0.25, 0.3) is 0 Å². The summed E-state index contributed by atoms with van der Waals surface area (Å²) in [5, 5.41) is 0.0599. The summed E-state index contributed by atoms with van der Waals surface area (Å²) in [6.45, 7) is 6.12. The average molecular weight is 295 g/mol. The van der Waals surface area contributed by atoms with Crippen molar-refractivity contribution in [1.29, 1.82) is 0 Å². The number of halogens is 1. The second-order valence-electron chi connectivity index (χ2n) is 6.65. The Bertz CT molecular complexity index is 484. The van der Waals surface area contributed by atoms with E-state index in [9.17, 15) is 0 Å². The van der Waals surface area contributed by atoms with E-state index < -0.39 is 0 Å². The van der Waals surface area contributed by atoms with Crippen LogP contribution >= 0.6 is 11.6 Å². The Hall–Kier alpha value is -0.890. The van der Waals surface area contributed by atoms with Gasteiger partial charge in [0.15, 0.2) is 11.5 Å². The highest BCUT2D eigenvalue weighted by Gasteiger charge is 2.39. The highest BCUT2D eigenvalue weighted by atomic mass is 35.5. The molecule has 1 aromatic rings. The van der Waals surface area contributed by atoms with Crippen molar-refractivity contribution in [2.24, 2.45) is 11.3 Å². The topological polar surface area (TPSA) is 18.5 Å². The summed E-state index contributed by atoms with van der Waals surface area (Å²) in [6, 6.07) is 6.18. The van der Waals surface area contributed by atoms with Gasteiger partial charge in [-0.05, 0) is 41.9 Å². The third-order valence-electron chi connectivity index (χ3n) is 4.78. The van der Waals surface area contributed by atoms with Crippen LogP contribution in [-0.2, 0) is 0 Å². The van der Waals surface area contributed by atoms with Crippen LogP contribution in [0.2, 0.25) is 0 Å². The van der Waals surface area contributed by atoms with Gasteiger partial charge in [0.05, 0.1) is 18.6 Å². The molecule has 0 saturated heterocycles. The van der Waals surface area contributed by atoms with Crippen LogP contribution in [-0.4, -0.2) is 13.2 Å². The molecule has 0 radical (unpaired) electrons. The van der Waals surface area contributed by atoms with E-state index in [4.69, 9.17) is 21.1 Å². The Kier molecular flexibility index (Phi) is 3.85. The van der Waals surface area contributed by atoms with Crippen molar-refractivity contribution in [1.82, 2.24) is 0 Å². The van der Waals surface area contributed by atoms with Crippen molar-refractivity contribution in [3.8, 4) is 11.5 Å². The largest absolute Gasteiger partial charge is 0.490 e. The molecule has 0 aromatic heterocycles. The first-order valence-corrected chi connectivity index (χ1v) is 8.05. The lowest BCUT2D eigenvalue weighted by Gasteiger charge is -2.31. The lowest BCUT2D eigenvalue weighted by molar-refractivity contribution is 0.251. The zero-order valence-electron chi connectivity index (χ0n) is 12.3. The molecule has 2 aliphatic rings. The van der Waals surface area contributed by atoms with Crippen molar-refractivity contribution in [3.05, 3.63) is 23.8 Å². The fraction of sp³-hybridized carbons (Fsp3) is 0.647. The van der Waals surface area contributed by atoms with E-state index in [0.29, 0.717) is 11.3 Å². The normalized spacial score (nSPS) is 26.1. The predicted octanol–water partition coefficient (Wildman–Crippen LogP) is 4.95. The van der Waals surface area contributed by atoms with Gasteiger partial charge < -0.3 is 9.47 Å². The summed E-state index contributed by atoms with van der Waals surface area (Å²) in [5.41, 5.74) is 1.49. The number of hydrogen-bond donors (Lipinski definition) is 0. The van der Waals surface area contributed by atoms with E-state index in [1.807, 2.05) is 6.07 Å². The molecule has 2 atom stereocenters. The number of fused-ring (bicyclic) bond motifs is 1. The molecule has 2 nitrogen and oxygen atoms in total. The van der Waals surface area contributed by atoms with E-state index in [1.54, 1.807) is 0 Å². The van der Waals surface area contributed by atoms with Crippen molar-refractivity contribution in [2.45, 2.75) is 44.9 Å². The van der Waals surface area contributed by atoms with Crippen molar-refractivity contribution >= 4 is 11.6 Å². The molecule has 0 spiro atoms. The first-order valence-electron chi connectivity index (χ1n) is 7.61. The third kappa shape index (κ3) is 2.63. The second kappa shape index (κ2) is 5.48. The molecule has 0 amide bonds. The minimum atomic E-state index is 0.0599. The molecule has 2 unspecified atom stereocenters. The van der Waals surface area contributed by atoms with Gasteiger partial charge in [-0.25, -0.2) is 0 Å². The summed E-state index contributed by atoms with van der Waals surface area (Å²) in [7, 11) is 0. The second-order valence-corrected chi connectivity index (χ2v) is 7.12. The molecule has 20 heavy (non-hydrogen) atoms. The van der Waals surface area contributed by atoms with Crippen LogP contribution in [0.15, 0.2) is 18.2 Å². The van der Waals surface area contributed by atoms with Crippen molar-refractivity contribution in [2.75, 3.05) is 13.2 Å². The molecule has 0 bridgehead atoms. The summed E-state index contributed by atoms with van der Waals surface area (Å²) in [4.78, 5) is 0. The van der Waals surface area contributed by atoms with Crippen molar-refractivity contribution in [3.63, 3.8) is 0 Å². The monoisotopic (exact) mass is 294 g/mol. The first kappa shape index (κ1) is 14.1. The summed E-state index contributed by atoms with van der Waals surface area (Å²) < 4.78 is 11.5. The number of rotatable bonds is 2. The fourth-order valence-electron chi connectivity index (χ4n) is 3.48. The zero-order chi connectivity index (χ0) is 14.2. The Morgan fingerprint density at radius 1 is 1.15 bits per heavy atom. The standard InChI is InChI=1S/C17H23ClO2/c1-17(2)8-3-5-13(17)16(18)12-6-7-14-15(11-12)20-10-4-9-19-14/h6-7,11,13,16H,3-5,8-10H2,1-2H3. The SMILES string of the molecule is CC1(C)CCCC1C(Cl)c1ccc2c(c1)OCCCO2. The number of ether oxygens (including phenoxy) is 2. The first-order chi connectivity index (χ1) is 9.58. The number of alkyl halides is 1. The molecule has 0 N–H and O–H groups in total. The number of benzene rings is 1. The minimum absolute atomic E-state index is 0.0599. The fourth-order valence-corrected chi connectivity index (χ4v) is 4.08. The molecule has 1 aromatic carbocycles. The highest BCUT2D eigenvalue weighted by molar-refractivity contribution is 6.21. The van der Waals surface area contributed by atoms with Gasteiger partial charge in [-0.1, -0.05) is 26.3 Å². The van der Waals surface area contributed by atoms with Crippen LogP contribution in [0.4, 0.5) is 0 Å². The van der Waals surface area contributed by atoms with Gasteiger partial charge in [-0.3, -0.25) is 0 Å². The van der Waals surface area contributed by atoms with Gasteiger partial charge in [0.1, 0.15) is 0 Å². The Morgan fingerprint density at radius 3 is 2.60 bits per heavy atom. The van der Waals surface area contributed by atoms with Crippen LogP contribution in [0.25, 0.3) is 0 Å². The van der Waals surface area contributed by atoms with Crippen LogP contribution in [0, 0.1) is 11.3 Å². The molecule has 110 valence electrons. The summed E-state index contributed by atoms with van der Waals surface area (Å²) >= 11 is 6.78. The molecular formula is C17H23ClO2. The maximum atomic E-state index is 6.78. The van der Waals surface area contributed by atoms with Gasteiger partial charge in [0, 0.05) is 6.42 Å². The third-order valence-corrected chi connectivity index (χ3v) is 5.34. The van der Waals surface area contributed by atoms with Crippen LogP contribution < -0.4 is 9.47 Å². The Morgan fingerprint density at radius 2 is 1.90 bits per heavy atom. The van der Waals surface area contributed by atoms with E-state index in [-0.39, 0.29) is 5.38 Å². The minimum Gasteiger partial charge on any atom is -0.490 e. The summed E-state index contributed by atoms with van der Waals surface area (Å²) in [6.07, 6.45) is 4.70. The quantitative estimate of drug-likeness (QED) is 0.718. The van der Waals surface area contributed by atoms with E-state index in [1.165, 1.54) is 19.3 Å². The van der Waals surface area contributed by atoms with Gasteiger partial charge in [-0.2, -0.15) is 0 Å². The molecule has 1 fully saturated rings. The van der Waals surface area contributed by atoms with Crippen LogP contribution in [0.1, 0.15) is 50.5 Å². The highest BCUT2D eigenvalue weighted by Crippen LogP contribution is 2.51. The smallest absolute Gasteiger partial charge is 0.161 e. The molecule has 1 aliphatic carbocycles. The van der Waals surface area contributed by atoms with E-state index in [2.05, 4.69) is 26.0 Å². The average Bonchev–Trinajstić information content (AvgIpc) is 2.64. The molecule has 1 heterocycles. The van der Waals surface area contributed by atoms with Crippen molar-refractivity contribution < 1.29 is 9.47 Å². The lowest BCUT2D eigenvalue weighted by Crippen LogP contribution is -2.21. The predicted molar refractivity (Wildman–Crippen MR) is 81.8 cm³/mol. The van der Waals surface area contributed by atoms with Crippen LogP contribution in [0.3, 0.4) is 0 Å². The van der Waals surface area contributed by atoms with E-state index >= 15 is 0 Å². The lowest BCUT2D eigenvalue weighted by atomic mass is 9.78. The molecule has 1 aliphatic heterocycles. The maximum Gasteiger partial charge on any atom is 0.161 e. The Balaban J connectivity index is 1.85. The number of hydrogen-bond acceptors (Lipinski definition) is 2. The van der Waals surface area contributed by atoms with Gasteiger partial charge in [-0.15, -0.1) is 11.6 Å².